The fourth-order valence-electron chi connectivity index (χ4n) is 3.28. The summed E-state index contributed by atoms with van der Waals surface area (Å²) in [6.07, 6.45) is 0.561. The summed E-state index contributed by atoms with van der Waals surface area (Å²) >= 11 is 0. The number of ether oxygens (including phenoxy) is 1. The minimum absolute atomic E-state index is 0.00408. The number of aryl methyl sites for hydroxylation is 1. The first-order valence-corrected chi connectivity index (χ1v) is 10.4. The van der Waals surface area contributed by atoms with E-state index in [2.05, 4.69) is 20.2 Å². The maximum Gasteiger partial charge on any atom is 0.219 e. The Balaban J connectivity index is 1.71. The molecule has 4 aromatic rings. The summed E-state index contributed by atoms with van der Waals surface area (Å²) in [5.74, 6) is 0.888. The highest BCUT2D eigenvalue weighted by Gasteiger charge is 2.20. The normalized spacial score (nSPS) is 11.4. The lowest BCUT2D eigenvalue weighted by Crippen LogP contribution is -2.09. The number of aromatic nitrogens is 6. The average molecular weight is 438 g/mol. The van der Waals surface area contributed by atoms with Crippen molar-refractivity contribution in [2.75, 3.05) is 6.61 Å². The molecular weight excluding hydrogens is 414 g/mol. The van der Waals surface area contributed by atoms with Gasteiger partial charge in [0.15, 0.2) is 11.6 Å². The zero-order chi connectivity index (χ0) is 22.7. The summed E-state index contributed by atoms with van der Waals surface area (Å²) in [5.41, 5.74) is 1.02. The van der Waals surface area contributed by atoms with Crippen molar-refractivity contribution in [3.63, 3.8) is 0 Å². The Morgan fingerprint density at radius 1 is 1.00 bits per heavy atom. The second kappa shape index (κ2) is 9.35. The second-order valence-electron chi connectivity index (χ2n) is 7.64. The molecule has 0 aliphatic rings. The molecule has 9 heteroatoms. The molecule has 166 valence electrons. The summed E-state index contributed by atoms with van der Waals surface area (Å²) in [4.78, 5) is 9.14. The van der Waals surface area contributed by atoms with Crippen LogP contribution in [0.5, 0.6) is 0 Å². The Bertz CT molecular complexity index is 1200. The third-order valence-corrected chi connectivity index (χ3v) is 4.79. The molecule has 0 aliphatic heterocycles. The van der Waals surface area contributed by atoms with Crippen molar-refractivity contribution in [1.29, 1.82) is 0 Å². The zero-order valence-corrected chi connectivity index (χ0v) is 18.2. The molecule has 32 heavy (non-hydrogen) atoms. The summed E-state index contributed by atoms with van der Waals surface area (Å²) in [6, 6.07) is 12.9. The quantitative estimate of drug-likeness (QED) is 0.414. The van der Waals surface area contributed by atoms with E-state index in [0.717, 1.165) is 23.9 Å². The van der Waals surface area contributed by atoms with Gasteiger partial charge in [0.25, 0.3) is 0 Å². The lowest BCUT2D eigenvalue weighted by atomic mass is 10.2. The molecule has 0 aliphatic carbocycles. The first-order valence-electron chi connectivity index (χ1n) is 10.4. The first kappa shape index (κ1) is 21.8. The van der Waals surface area contributed by atoms with Crippen LogP contribution in [-0.2, 0) is 17.7 Å². The van der Waals surface area contributed by atoms with Crippen molar-refractivity contribution < 1.29 is 13.5 Å². The minimum Gasteiger partial charge on any atom is -0.378 e. The average Bonchev–Trinajstić information content (AvgIpc) is 3.34. The third kappa shape index (κ3) is 4.88. The molecule has 2 aromatic heterocycles. The van der Waals surface area contributed by atoms with Gasteiger partial charge in [0.1, 0.15) is 17.5 Å². The van der Waals surface area contributed by atoms with E-state index in [4.69, 9.17) is 4.74 Å². The number of benzene rings is 2. The molecule has 0 fully saturated rings. The monoisotopic (exact) mass is 438 g/mol. The third-order valence-electron chi connectivity index (χ3n) is 4.79. The molecule has 0 saturated carbocycles. The Morgan fingerprint density at radius 3 is 2.53 bits per heavy atom. The highest BCUT2D eigenvalue weighted by Crippen LogP contribution is 2.20. The van der Waals surface area contributed by atoms with E-state index in [0.29, 0.717) is 36.3 Å². The van der Waals surface area contributed by atoms with Gasteiger partial charge in [-0.25, -0.2) is 28.1 Å². The smallest absolute Gasteiger partial charge is 0.219 e. The van der Waals surface area contributed by atoms with Gasteiger partial charge >= 0.3 is 0 Å². The second-order valence-corrected chi connectivity index (χ2v) is 7.64. The summed E-state index contributed by atoms with van der Waals surface area (Å²) in [5, 5.41) is 9.11. The van der Waals surface area contributed by atoms with Crippen LogP contribution >= 0.6 is 0 Å². The summed E-state index contributed by atoms with van der Waals surface area (Å²) in [6.45, 7) is 6.18. The largest absolute Gasteiger partial charge is 0.378 e. The van der Waals surface area contributed by atoms with E-state index in [9.17, 15) is 8.78 Å². The highest BCUT2D eigenvalue weighted by atomic mass is 19.1. The Kier molecular flexibility index (Phi) is 6.36. The molecule has 0 spiro atoms. The molecule has 4 rings (SSSR count). The van der Waals surface area contributed by atoms with Gasteiger partial charge in [0.2, 0.25) is 5.82 Å². The Morgan fingerprint density at radius 2 is 1.78 bits per heavy atom. The molecule has 0 amide bonds. The van der Waals surface area contributed by atoms with Gasteiger partial charge in [-0.15, -0.1) is 5.10 Å². The van der Waals surface area contributed by atoms with Crippen LogP contribution in [0.3, 0.4) is 0 Å². The van der Waals surface area contributed by atoms with Crippen LogP contribution in [0.15, 0.2) is 48.5 Å². The maximum absolute atomic E-state index is 14.3. The van der Waals surface area contributed by atoms with Gasteiger partial charge in [0, 0.05) is 12.0 Å². The standard InChI is InChI=1S/C23H24F2N6O/c1-15(2)32-12-11-21-27-23(30(28-21)14-17-13-18(24)9-10-20(17)25)22-26-16(3)31(29-22)19-7-5-4-6-8-19/h4-10,13,15H,11-12,14H2,1-3H3. The maximum atomic E-state index is 14.3. The van der Waals surface area contributed by atoms with Gasteiger partial charge < -0.3 is 4.74 Å². The lowest BCUT2D eigenvalue weighted by molar-refractivity contribution is 0.0804. The van der Waals surface area contributed by atoms with Crippen molar-refractivity contribution in [3.05, 3.63) is 77.4 Å². The summed E-state index contributed by atoms with van der Waals surface area (Å²) in [7, 11) is 0. The molecule has 0 bridgehead atoms. The molecule has 0 N–H and O–H groups in total. The fraction of sp³-hybridized carbons (Fsp3) is 0.304. The SMILES string of the molecule is Cc1nc(-c2nc(CCOC(C)C)nn2Cc2cc(F)ccc2F)nn1-c1ccccc1. The van der Waals surface area contributed by atoms with Crippen molar-refractivity contribution >= 4 is 0 Å². The van der Waals surface area contributed by atoms with Crippen molar-refractivity contribution in [2.45, 2.75) is 39.8 Å². The number of halogens is 2. The van der Waals surface area contributed by atoms with Crippen LogP contribution < -0.4 is 0 Å². The number of hydrogen-bond donors (Lipinski definition) is 0. The van der Waals surface area contributed by atoms with Crippen LogP contribution in [0, 0.1) is 18.6 Å². The van der Waals surface area contributed by atoms with E-state index >= 15 is 0 Å². The molecule has 2 heterocycles. The summed E-state index contributed by atoms with van der Waals surface area (Å²) < 4.78 is 36.8. The zero-order valence-electron chi connectivity index (χ0n) is 18.2. The van der Waals surface area contributed by atoms with Crippen LogP contribution in [0.1, 0.15) is 31.1 Å². The van der Waals surface area contributed by atoms with E-state index in [1.54, 1.807) is 4.68 Å². The number of nitrogens with zero attached hydrogens (tertiary/aromatic N) is 6. The van der Waals surface area contributed by atoms with E-state index in [1.165, 1.54) is 4.68 Å². The van der Waals surface area contributed by atoms with Gasteiger partial charge in [-0.1, -0.05) is 18.2 Å². The number of rotatable bonds is 8. The van der Waals surface area contributed by atoms with Crippen molar-refractivity contribution in [3.8, 4) is 17.3 Å². The first-order chi connectivity index (χ1) is 15.4. The van der Waals surface area contributed by atoms with E-state index in [-0.39, 0.29) is 18.2 Å². The van der Waals surface area contributed by atoms with E-state index in [1.807, 2.05) is 51.1 Å². The number of para-hydroxylation sites is 1. The predicted molar refractivity (Wildman–Crippen MR) is 115 cm³/mol. The minimum atomic E-state index is -0.518. The van der Waals surface area contributed by atoms with Gasteiger partial charge in [-0.05, 0) is 51.1 Å². The van der Waals surface area contributed by atoms with Crippen LogP contribution in [0.2, 0.25) is 0 Å². The highest BCUT2D eigenvalue weighted by molar-refractivity contribution is 5.45. The molecule has 7 nitrogen and oxygen atoms in total. The lowest BCUT2D eigenvalue weighted by Gasteiger charge is -2.06. The van der Waals surface area contributed by atoms with Crippen LogP contribution in [0.25, 0.3) is 17.3 Å². The molecule has 0 unspecified atom stereocenters. The van der Waals surface area contributed by atoms with Crippen molar-refractivity contribution in [2.24, 2.45) is 0 Å². The van der Waals surface area contributed by atoms with Gasteiger partial charge in [-0.2, -0.15) is 5.10 Å². The number of hydrogen-bond acceptors (Lipinski definition) is 5. The van der Waals surface area contributed by atoms with Gasteiger partial charge in [-0.3, -0.25) is 0 Å². The molecule has 2 aromatic carbocycles. The fourth-order valence-corrected chi connectivity index (χ4v) is 3.28. The topological polar surface area (TPSA) is 70.7 Å². The van der Waals surface area contributed by atoms with Gasteiger partial charge in [0.05, 0.1) is 24.9 Å². The molecular formula is C23H24F2N6O. The molecule has 0 saturated heterocycles. The molecule has 0 atom stereocenters. The Labute approximate surface area is 184 Å². The Hall–Kier alpha value is -3.46. The predicted octanol–water partition coefficient (Wildman–Crippen LogP) is 4.13. The van der Waals surface area contributed by atoms with Crippen molar-refractivity contribution in [1.82, 2.24) is 29.5 Å². The van der Waals surface area contributed by atoms with Crippen LogP contribution in [0.4, 0.5) is 8.78 Å². The molecule has 0 radical (unpaired) electrons. The van der Waals surface area contributed by atoms with E-state index < -0.39 is 11.6 Å². The van der Waals surface area contributed by atoms with Crippen LogP contribution in [-0.4, -0.2) is 42.2 Å².